The van der Waals surface area contributed by atoms with Crippen LogP contribution in [0.2, 0.25) is 0 Å². The Morgan fingerprint density at radius 1 is 0.767 bits per heavy atom. The van der Waals surface area contributed by atoms with Gasteiger partial charge >= 0.3 is 46.9 Å². The quantitative estimate of drug-likeness (QED) is 0.101. The minimum atomic E-state index is -6.50. The zero-order valence-corrected chi connectivity index (χ0v) is 25.4. The van der Waals surface area contributed by atoms with Gasteiger partial charge in [0.25, 0.3) is 0 Å². The van der Waals surface area contributed by atoms with E-state index in [1.165, 1.54) is 0 Å². The Hall–Kier alpha value is -0.910. The molecule has 0 radical (unpaired) electrons. The highest BCUT2D eigenvalue weighted by Gasteiger charge is 2.52. The number of aliphatic hydroxyl groups excluding tert-OH is 2. The van der Waals surface area contributed by atoms with E-state index in [1.54, 1.807) is 0 Å². The van der Waals surface area contributed by atoms with E-state index in [4.69, 9.17) is 30.0 Å². The lowest BCUT2D eigenvalue weighted by molar-refractivity contribution is -0.0502. The van der Waals surface area contributed by atoms with Gasteiger partial charge in [0.2, 0.25) is 0 Å². The predicted octanol–water partition coefficient (Wildman–Crippen LogP) is -1.28. The maximum absolute atomic E-state index is 13.0. The molecule has 2 aromatic rings. The van der Waals surface area contributed by atoms with Crippen LogP contribution in [-0.4, -0.2) is 88.9 Å². The van der Waals surface area contributed by atoms with E-state index in [1.807, 2.05) is 0 Å². The van der Waals surface area contributed by atoms with Crippen LogP contribution in [0.15, 0.2) is 12.7 Å². The second kappa shape index (κ2) is 12.7. The number of imidazole rings is 1. The number of nitrogen functional groups attached to an aromatic ring is 1. The van der Waals surface area contributed by atoms with Crippen LogP contribution in [0.25, 0.3) is 11.2 Å². The van der Waals surface area contributed by atoms with E-state index in [-0.39, 0.29) is 17.0 Å². The molecule has 3 rings (SSSR count). The third-order valence-electron chi connectivity index (χ3n) is 4.43. The van der Waals surface area contributed by atoms with E-state index in [9.17, 15) is 52.3 Å². The van der Waals surface area contributed by atoms with Crippen LogP contribution in [-0.2, 0) is 58.2 Å². The van der Waals surface area contributed by atoms with Crippen LogP contribution >= 0.6 is 46.9 Å². The smallest absolute Gasteiger partial charge is 0.387 e. The first kappa shape index (κ1) is 36.6. The molecule has 2 aromatic heterocycles. The number of rotatable bonds is 14. The van der Waals surface area contributed by atoms with E-state index >= 15 is 0 Å². The van der Waals surface area contributed by atoms with Gasteiger partial charge in [0, 0.05) is 0 Å². The average molecular weight is 747 g/mol. The Morgan fingerprint density at radius 3 is 1.81 bits per heavy atom. The summed E-state index contributed by atoms with van der Waals surface area (Å²) in [6, 6.07) is 0. The Kier molecular flexibility index (Phi) is 10.8. The van der Waals surface area contributed by atoms with E-state index in [2.05, 4.69) is 41.0 Å². The molecule has 1 fully saturated rings. The zero-order valence-electron chi connectivity index (χ0n) is 20.1. The van der Waals surface area contributed by atoms with Crippen molar-refractivity contribution in [3.63, 3.8) is 0 Å². The summed E-state index contributed by atoms with van der Waals surface area (Å²) >= 11 is 0. The van der Waals surface area contributed by atoms with Crippen molar-refractivity contribution in [2.45, 2.75) is 24.5 Å². The van der Waals surface area contributed by atoms with Crippen LogP contribution in [0.1, 0.15) is 6.23 Å². The molecule has 27 nitrogen and oxygen atoms in total. The lowest BCUT2D eigenvalue weighted by Crippen LogP contribution is -2.33. The van der Waals surface area contributed by atoms with Crippen molar-refractivity contribution in [3.8, 4) is 0 Å². The fourth-order valence-corrected chi connectivity index (χ4v) is 10.5. The standard InChI is InChI=1S/C10H19N5O22P6/c11-8-5-9(13-2-12-8)15(3-14-5)10-7(17)6(16)4(32-10)1-31-43(30,36-41(26,27)34-39(21,22)23)37-42(28,29)35-40(24,25)33-38(18,19)20/h2-4,6-7,10,16-17H,1H2,(H,24,25)(H,26,27)(H,28,29)(H2,11,12,13)(H2,18,19,20)(H2,21,22,23)/t4-,6-,7-,10-,43?/m1/s1. The van der Waals surface area contributed by atoms with Crippen LogP contribution in [0.3, 0.4) is 0 Å². The SMILES string of the molecule is Nc1ncnc2c1ncn2[C@@H]1O[C@H](COP(=O)(OP(=O)(O)OP(=O)(O)O)OP(=O)(O)OP(=O)(O)OP(=O)(O)O)[C@@H](O)[C@H]1O. The molecular weight excluding hydrogens is 728 g/mol. The first-order valence-electron chi connectivity index (χ1n) is 10.2. The molecule has 1 saturated heterocycles. The van der Waals surface area contributed by atoms with Gasteiger partial charge in [-0.05, 0) is 0 Å². The van der Waals surface area contributed by atoms with Crippen molar-refractivity contribution in [2.75, 3.05) is 12.3 Å². The molecule has 1 aliphatic rings. The molecule has 0 aliphatic carbocycles. The van der Waals surface area contributed by atoms with E-state index < -0.39 is 78.1 Å². The zero-order chi connectivity index (χ0) is 32.8. The van der Waals surface area contributed by atoms with Crippen LogP contribution in [0.5, 0.6) is 0 Å². The van der Waals surface area contributed by atoms with Crippen molar-refractivity contribution in [3.05, 3.63) is 12.7 Å². The van der Waals surface area contributed by atoms with E-state index in [0.29, 0.717) is 0 Å². The van der Waals surface area contributed by atoms with Gasteiger partial charge in [0.15, 0.2) is 17.7 Å². The minimum Gasteiger partial charge on any atom is -0.387 e. The number of ether oxygens (including phenoxy) is 1. The Balaban J connectivity index is 1.86. The van der Waals surface area contributed by atoms with Gasteiger partial charge in [0.1, 0.15) is 30.2 Å². The molecule has 8 atom stereocenters. The third-order valence-corrected chi connectivity index (χ3v) is 13.1. The highest BCUT2D eigenvalue weighted by atomic mass is 31.3. The van der Waals surface area contributed by atoms with Gasteiger partial charge < -0.3 is 54.9 Å². The van der Waals surface area contributed by atoms with Gasteiger partial charge in [-0.2, -0.15) is 21.6 Å². The Morgan fingerprint density at radius 2 is 1.28 bits per heavy atom. The van der Waals surface area contributed by atoms with Crippen molar-refractivity contribution in [1.29, 1.82) is 0 Å². The molecule has 0 saturated carbocycles. The Labute approximate surface area is 236 Å². The topological polar surface area (TPSA) is 419 Å². The second-order valence-corrected chi connectivity index (χ2v) is 16.9. The average Bonchev–Trinajstić information content (AvgIpc) is 3.29. The van der Waals surface area contributed by atoms with Gasteiger partial charge in [-0.25, -0.2) is 42.3 Å². The monoisotopic (exact) mass is 747 g/mol. The fraction of sp³-hybridized carbons (Fsp3) is 0.500. The largest absolute Gasteiger partial charge is 0.492 e. The second-order valence-electron chi connectivity index (χ2n) is 7.67. The number of anilines is 1. The summed E-state index contributed by atoms with van der Waals surface area (Å²) in [5.41, 5.74) is 5.67. The number of aliphatic hydroxyl groups is 2. The van der Waals surface area contributed by atoms with Gasteiger partial charge in [-0.15, -0.1) is 0 Å². The number of nitrogens with zero attached hydrogens (tertiary/aromatic N) is 4. The Bertz CT molecular complexity index is 1640. The maximum atomic E-state index is 13.0. The van der Waals surface area contributed by atoms with Crippen LogP contribution < -0.4 is 5.73 Å². The lowest BCUT2D eigenvalue weighted by Gasteiger charge is -2.24. The molecular formula is C10H19N5O22P6. The molecule has 0 bridgehead atoms. The van der Waals surface area contributed by atoms with Crippen molar-refractivity contribution in [2.24, 2.45) is 0 Å². The summed E-state index contributed by atoms with van der Waals surface area (Å²) in [6.45, 7) is -1.42. The van der Waals surface area contributed by atoms with E-state index in [0.717, 1.165) is 17.2 Å². The molecule has 0 spiro atoms. The summed E-state index contributed by atoms with van der Waals surface area (Å²) < 4.78 is 99.1. The number of phosphoric acid groups is 6. The highest BCUT2D eigenvalue weighted by Crippen LogP contribution is 2.76. The minimum absolute atomic E-state index is 0.0252. The van der Waals surface area contributed by atoms with Gasteiger partial charge in [-0.1, -0.05) is 0 Å². The summed E-state index contributed by atoms with van der Waals surface area (Å²) in [7, 11) is -37.3. The first-order chi connectivity index (χ1) is 19.3. The highest BCUT2D eigenvalue weighted by molar-refractivity contribution is 7.72. The molecule has 0 amide bonds. The summed E-state index contributed by atoms with van der Waals surface area (Å²) in [5, 5.41) is 20.9. The fourth-order valence-electron chi connectivity index (χ4n) is 3.08. The van der Waals surface area contributed by atoms with Crippen LogP contribution in [0.4, 0.5) is 5.82 Å². The van der Waals surface area contributed by atoms with Crippen molar-refractivity contribution < 1.29 is 103 Å². The maximum Gasteiger partial charge on any atom is 0.492 e. The number of hydrogen-bond donors (Lipinski definition) is 10. The van der Waals surface area contributed by atoms with Gasteiger partial charge in [-0.3, -0.25) is 9.09 Å². The van der Waals surface area contributed by atoms with Gasteiger partial charge in [0.05, 0.1) is 12.9 Å². The number of hydrogen-bond acceptors (Lipinski definition) is 19. The van der Waals surface area contributed by atoms with Crippen molar-refractivity contribution in [1.82, 2.24) is 19.5 Å². The molecule has 33 heteroatoms. The molecule has 1 aliphatic heterocycles. The third kappa shape index (κ3) is 10.3. The normalized spacial score (nSPS) is 27.3. The molecule has 43 heavy (non-hydrogen) atoms. The summed E-state index contributed by atoms with van der Waals surface area (Å²) in [6.07, 6.45) is -5.25. The molecule has 4 unspecified atom stereocenters. The summed E-state index contributed by atoms with van der Waals surface area (Å²) in [4.78, 5) is 74.6. The molecule has 11 N–H and O–H groups in total. The molecule has 0 aromatic carbocycles. The summed E-state index contributed by atoms with van der Waals surface area (Å²) in [5.74, 6) is -0.0906. The molecule has 3 heterocycles. The number of nitrogens with two attached hydrogens (primary N) is 1. The number of aromatic nitrogens is 4. The number of fused-ring (bicyclic) bond motifs is 1. The predicted molar refractivity (Wildman–Crippen MR) is 128 cm³/mol. The van der Waals surface area contributed by atoms with Crippen LogP contribution in [0, 0.1) is 0 Å². The lowest BCUT2D eigenvalue weighted by atomic mass is 10.1. The van der Waals surface area contributed by atoms with Crippen molar-refractivity contribution >= 4 is 63.9 Å². The first-order valence-corrected chi connectivity index (χ1v) is 19.2. The molecule has 246 valence electrons.